The van der Waals surface area contributed by atoms with Crippen LogP contribution in [0.25, 0.3) is 11.0 Å². The molecule has 0 unspecified atom stereocenters. The second-order valence-corrected chi connectivity index (χ2v) is 8.13. The first-order valence-corrected chi connectivity index (χ1v) is 10.9. The zero-order valence-electron chi connectivity index (χ0n) is 19.3. The van der Waals surface area contributed by atoms with Crippen LogP contribution in [0.4, 0.5) is 0 Å². The molecule has 4 aromatic rings. The highest BCUT2D eigenvalue weighted by Crippen LogP contribution is 2.35. The fourth-order valence-corrected chi connectivity index (χ4v) is 4.09. The fraction of sp³-hybridized carbons (Fsp3) is 0.222. The monoisotopic (exact) mass is 459 g/mol. The van der Waals surface area contributed by atoms with E-state index in [1.165, 1.54) is 0 Å². The number of benzene rings is 3. The van der Waals surface area contributed by atoms with Crippen LogP contribution in [0, 0.1) is 6.92 Å². The summed E-state index contributed by atoms with van der Waals surface area (Å²) in [5.41, 5.74) is 2.29. The van der Waals surface area contributed by atoms with Crippen LogP contribution in [0.2, 0.25) is 0 Å². The minimum absolute atomic E-state index is 0.160. The maximum absolute atomic E-state index is 13.3. The second kappa shape index (κ2) is 9.11. The van der Waals surface area contributed by atoms with E-state index in [0.717, 1.165) is 22.6 Å². The fourth-order valence-electron chi connectivity index (χ4n) is 4.09. The molecule has 3 aromatic carbocycles. The Morgan fingerprint density at radius 2 is 1.71 bits per heavy atom. The lowest BCUT2D eigenvalue weighted by atomic mass is 10.1. The van der Waals surface area contributed by atoms with Crippen LogP contribution < -0.4 is 24.4 Å². The molecule has 2 heterocycles. The zero-order valence-corrected chi connectivity index (χ0v) is 19.3. The van der Waals surface area contributed by atoms with Crippen molar-refractivity contribution in [3.63, 3.8) is 0 Å². The number of nitrogens with zero attached hydrogens (tertiary/aromatic N) is 1. The summed E-state index contributed by atoms with van der Waals surface area (Å²) < 4.78 is 28.5. The van der Waals surface area contributed by atoms with Gasteiger partial charge in [0.15, 0.2) is 0 Å². The SMILES string of the molecule is COc1ccc(CN2COc3ccc4c(=O)c(Oc5cccc(OC)c5)c(C)oc4c3C2)cc1. The van der Waals surface area contributed by atoms with Gasteiger partial charge in [-0.2, -0.15) is 0 Å². The zero-order chi connectivity index (χ0) is 23.7. The van der Waals surface area contributed by atoms with Crippen LogP contribution in [0.1, 0.15) is 16.9 Å². The Bertz CT molecular complexity index is 1390. The Kier molecular flexibility index (Phi) is 5.86. The molecular formula is C27H25NO6. The first-order valence-electron chi connectivity index (χ1n) is 10.9. The van der Waals surface area contributed by atoms with Gasteiger partial charge in [0.2, 0.25) is 11.2 Å². The minimum atomic E-state index is -0.225. The van der Waals surface area contributed by atoms with Gasteiger partial charge in [-0.15, -0.1) is 0 Å². The molecule has 5 rings (SSSR count). The molecule has 0 bridgehead atoms. The Morgan fingerprint density at radius 3 is 2.47 bits per heavy atom. The number of fused-ring (bicyclic) bond motifs is 3. The van der Waals surface area contributed by atoms with E-state index < -0.39 is 0 Å². The Morgan fingerprint density at radius 1 is 0.941 bits per heavy atom. The van der Waals surface area contributed by atoms with E-state index in [2.05, 4.69) is 4.90 Å². The van der Waals surface area contributed by atoms with Crippen molar-refractivity contribution >= 4 is 11.0 Å². The van der Waals surface area contributed by atoms with E-state index in [1.54, 1.807) is 45.4 Å². The van der Waals surface area contributed by atoms with Crippen molar-refractivity contribution in [2.24, 2.45) is 0 Å². The lowest BCUT2D eigenvalue weighted by Gasteiger charge is -2.29. The molecule has 34 heavy (non-hydrogen) atoms. The molecule has 0 atom stereocenters. The quantitative estimate of drug-likeness (QED) is 0.389. The standard InChI is InChI=1S/C27H25NO6/c1-17-26(34-21-6-4-5-20(13-21)31-3)25(29)22-11-12-24-23(27(22)33-17)15-28(16-32-24)14-18-7-9-19(30-2)10-8-18/h4-13H,14-16H2,1-3H3. The second-order valence-electron chi connectivity index (χ2n) is 8.13. The van der Waals surface area contributed by atoms with E-state index in [9.17, 15) is 4.79 Å². The molecule has 0 N–H and O–H groups in total. The van der Waals surface area contributed by atoms with Crippen molar-refractivity contribution in [1.82, 2.24) is 4.90 Å². The summed E-state index contributed by atoms with van der Waals surface area (Å²) in [4.78, 5) is 15.5. The number of rotatable bonds is 6. The predicted octanol–water partition coefficient (Wildman–Crippen LogP) is 5.26. The average molecular weight is 459 g/mol. The van der Waals surface area contributed by atoms with Gasteiger partial charge in [-0.25, -0.2) is 0 Å². The maximum Gasteiger partial charge on any atom is 0.235 e. The molecule has 7 nitrogen and oxygen atoms in total. The van der Waals surface area contributed by atoms with Gasteiger partial charge in [-0.05, 0) is 48.9 Å². The van der Waals surface area contributed by atoms with Gasteiger partial charge >= 0.3 is 0 Å². The lowest BCUT2D eigenvalue weighted by Crippen LogP contribution is -2.31. The first-order chi connectivity index (χ1) is 16.6. The van der Waals surface area contributed by atoms with E-state index >= 15 is 0 Å². The van der Waals surface area contributed by atoms with Crippen LogP contribution in [0.5, 0.6) is 28.7 Å². The van der Waals surface area contributed by atoms with E-state index in [-0.39, 0.29) is 11.2 Å². The summed E-state index contributed by atoms with van der Waals surface area (Å²) >= 11 is 0. The number of hydrogen-bond acceptors (Lipinski definition) is 7. The van der Waals surface area contributed by atoms with Crippen molar-refractivity contribution in [2.45, 2.75) is 20.0 Å². The van der Waals surface area contributed by atoms with Gasteiger partial charge in [-0.1, -0.05) is 18.2 Å². The van der Waals surface area contributed by atoms with Crippen LogP contribution in [-0.2, 0) is 13.1 Å². The van der Waals surface area contributed by atoms with Gasteiger partial charge in [0, 0.05) is 19.2 Å². The summed E-state index contributed by atoms with van der Waals surface area (Å²) in [6, 6.07) is 18.6. The van der Waals surface area contributed by atoms with E-state index in [0.29, 0.717) is 48.0 Å². The van der Waals surface area contributed by atoms with Gasteiger partial charge in [-0.3, -0.25) is 9.69 Å². The van der Waals surface area contributed by atoms with Crippen molar-refractivity contribution in [1.29, 1.82) is 0 Å². The predicted molar refractivity (Wildman–Crippen MR) is 128 cm³/mol. The molecule has 0 fully saturated rings. The highest BCUT2D eigenvalue weighted by molar-refractivity contribution is 5.83. The molecule has 0 saturated carbocycles. The molecule has 0 amide bonds. The molecular weight excluding hydrogens is 434 g/mol. The van der Waals surface area contributed by atoms with Crippen molar-refractivity contribution < 1.29 is 23.4 Å². The third-order valence-electron chi connectivity index (χ3n) is 5.85. The summed E-state index contributed by atoms with van der Waals surface area (Å²) in [7, 11) is 3.23. The van der Waals surface area contributed by atoms with Gasteiger partial charge in [0.05, 0.1) is 25.2 Å². The molecule has 0 radical (unpaired) electrons. The first kappa shape index (κ1) is 21.9. The Labute approximate surface area is 197 Å². The summed E-state index contributed by atoms with van der Waals surface area (Å²) in [5, 5.41) is 0.456. The number of aryl methyl sites for hydroxylation is 1. The topological polar surface area (TPSA) is 70.4 Å². The van der Waals surface area contributed by atoms with Crippen LogP contribution >= 0.6 is 0 Å². The number of ether oxygens (including phenoxy) is 4. The van der Waals surface area contributed by atoms with Crippen molar-refractivity contribution in [2.75, 3.05) is 21.0 Å². The molecule has 0 aliphatic carbocycles. The molecule has 174 valence electrons. The highest BCUT2D eigenvalue weighted by Gasteiger charge is 2.24. The van der Waals surface area contributed by atoms with E-state index in [1.807, 2.05) is 36.4 Å². The maximum atomic E-state index is 13.3. The molecule has 0 spiro atoms. The average Bonchev–Trinajstić information content (AvgIpc) is 2.87. The number of methoxy groups -OCH3 is 2. The van der Waals surface area contributed by atoms with E-state index in [4.69, 9.17) is 23.4 Å². The normalized spacial score (nSPS) is 13.3. The van der Waals surface area contributed by atoms with Crippen LogP contribution in [-0.4, -0.2) is 25.9 Å². The Balaban J connectivity index is 1.46. The lowest BCUT2D eigenvalue weighted by molar-refractivity contribution is 0.0889. The van der Waals surface area contributed by atoms with Gasteiger partial charge in [0.1, 0.15) is 41.1 Å². The van der Waals surface area contributed by atoms with Crippen LogP contribution in [0.15, 0.2) is 69.9 Å². The Hall–Kier alpha value is -3.97. The third kappa shape index (κ3) is 4.18. The van der Waals surface area contributed by atoms with Crippen molar-refractivity contribution in [3.8, 4) is 28.7 Å². The minimum Gasteiger partial charge on any atom is -0.497 e. The van der Waals surface area contributed by atoms with Crippen molar-refractivity contribution in [3.05, 3.63) is 87.8 Å². The van der Waals surface area contributed by atoms with Gasteiger partial charge in [0.25, 0.3) is 0 Å². The molecule has 1 aromatic heterocycles. The molecule has 7 heteroatoms. The molecule has 1 aliphatic heterocycles. The van der Waals surface area contributed by atoms with Crippen LogP contribution in [0.3, 0.4) is 0 Å². The largest absolute Gasteiger partial charge is 0.497 e. The third-order valence-corrected chi connectivity index (χ3v) is 5.85. The highest BCUT2D eigenvalue weighted by atomic mass is 16.5. The summed E-state index contributed by atoms with van der Waals surface area (Å²) in [6.45, 7) is 3.47. The molecule has 0 saturated heterocycles. The van der Waals surface area contributed by atoms with Gasteiger partial charge < -0.3 is 23.4 Å². The number of hydrogen-bond donors (Lipinski definition) is 0. The molecule has 1 aliphatic rings. The summed E-state index contributed by atoms with van der Waals surface area (Å²) in [6.07, 6.45) is 0. The summed E-state index contributed by atoms with van der Waals surface area (Å²) in [5.74, 6) is 3.25. The smallest absolute Gasteiger partial charge is 0.235 e.